The van der Waals surface area contributed by atoms with Gasteiger partial charge in [0.25, 0.3) is 0 Å². The van der Waals surface area contributed by atoms with Crippen LogP contribution in [0.4, 0.5) is 4.39 Å². The molecule has 1 atom stereocenters. The SMILES string of the molecule is O=C(Cc1cccc(F)c1)N1CCC2(CC1)CC(Cc1nc(C3CC3)no1)CCO2. The summed E-state index contributed by atoms with van der Waals surface area (Å²) < 4.78 is 25.1. The van der Waals surface area contributed by atoms with E-state index in [0.717, 1.165) is 56.0 Å². The fraction of sp³-hybridized carbons (Fsp3) is 0.609. The third-order valence-electron chi connectivity index (χ3n) is 6.76. The van der Waals surface area contributed by atoms with Crippen LogP contribution >= 0.6 is 0 Å². The molecule has 1 aromatic carbocycles. The van der Waals surface area contributed by atoms with E-state index in [1.807, 2.05) is 4.90 Å². The zero-order valence-electron chi connectivity index (χ0n) is 17.2. The Bertz CT molecular complexity index is 903. The quantitative estimate of drug-likeness (QED) is 0.748. The first-order valence-electron chi connectivity index (χ1n) is 11.1. The zero-order valence-corrected chi connectivity index (χ0v) is 17.2. The summed E-state index contributed by atoms with van der Waals surface area (Å²) in [6.45, 7) is 2.12. The Morgan fingerprint density at radius 2 is 2.07 bits per heavy atom. The molecule has 30 heavy (non-hydrogen) atoms. The highest BCUT2D eigenvalue weighted by Crippen LogP contribution is 2.40. The van der Waals surface area contributed by atoms with Gasteiger partial charge in [-0.15, -0.1) is 0 Å². The van der Waals surface area contributed by atoms with Crippen LogP contribution in [0.25, 0.3) is 0 Å². The Balaban J connectivity index is 1.15. The molecule has 7 heteroatoms. The number of halogens is 1. The Labute approximate surface area is 175 Å². The van der Waals surface area contributed by atoms with E-state index in [2.05, 4.69) is 10.1 Å². The van der Waals surface area contributed by atoms with Crippen molar-refractivity contribution in [3.63, 3.8) is 0 Å². The van der Waals surface area contributed by atoms with Crippen LogP contribution in [0.3, 0.4) is 0 Å². The number of rotatable bonds is 5. The van der Waals surface area contributed by atoms with Gasteiger partial charge in [0.05, 0.1) is 12.0 Å². The van der Waals surface area contributed by atoms with E-state index < -0.39 is 0 Å². The van der Waals surface area contributed by atoms with Crippen molar-refractivity contribution in [1.29, 1.82) is 0 Å². The minimum Gasteiger partial charge on any atom is -0.375 e. The second-order valence-electron chi connectivity index (χ2n) is 9.10. The Morgan fingerprint density at radius 1 is 1.23 bits per heavy atom. The fourth-order valence-corrected chi connectivity index (χ4v) is 4.85. The first kappa shape index (κ1) is 19.7. The molecule has 2 aromatic rings. The molecule has 0 bridgehead atoms. The largest absolute Gasteiger partial charge is 0.375 e. The lowest BCUT2D eigenvalue weighted by Crippen LogP contribution is -2.51. The average Bonchev–Trinajstić information content (AvgIpc) is 3.48. The molecule has 3 aliphatic rings. The monoisotopic (exact) mass is 413 g/mol. The Kier molecular flexibility index (Phi) is 5.31. The van der Waals surface area contributed by atoms with Crippen molar-refractivity contribution in [3.05, 3.63) is 47.4 Å². The topological polar surface area (TPSA) is 68.5 Å². The zero-order chi connectivity index (χ0) is 20.6. The van der Waals surface area contributed by atoms with Crippen molar-refractivity contribution >= 4 is 5.91 Å². The molecular weight excluding hydrogens is 385 g/mol. The second-order valence-corrected chi connectivity index (χ2v) is 9.10. The average molecular weight is 413 g/mol. The van der Waals surface area contributed by atoms with Gasteiger partial charge >= 0.3 is 0 Å². The van der Waals surface area contributed by atoms with E-state index in [0.29, 0.717) is 24.9 Å². The fourth-order valence-electron chi connectivity index (χ4n) is 4.85. The van der Waals surface area contributed by atoms with Crippen LogP contribution in [0.15, 0.2) is 28.8 Å². The minimum atomic E-state index is -0.301. The summed E-state index contributed by atoms with van der Waals surface area (Å²) >= 11 is 0. The Morgan fingerprint density at radius 3 is 2.83 bits per heavy atom. The van der Waals surface area contributed by atoms with Crippen molar-refractivity contribution < 1.29 is 18.4 Å². The third kappa shape index (κ3) is 4.41. The lowest BCUT2D eigenvalue weighted by Gasteiger charge is -2.46. The van der Waals surface area contributed by atoms with Crippen LogP contribution in [0.2, 0.25) is 0 Å². The van der Waals surface area contributed by atoms with Crippen LogP contribution in [0.5, 0.6) is 0 Å². The van der Waals surface area contributed by atoms with Crippen LogP contribution < -0.4 is 0 Å². The number of carbonyl (C=O) groups excluding carboxylic acids is 1. The maximum atomic E-state index is 13.4. The van der Waals surface area contributed by atoms with Crippen molar-refractivity contribution in [2.24, 2.45) is 5.92 Å². The van der Waals surface area contributed by atoms with Crippen molar-refractivity contribution in [2.75, 3.05) is 19.7 Å². The molecule has 1 amide bonds. The second kappa shape index (κ2) is 8.10. The van der Waals surface area contributed by atoms with Gasteiger partial charge in [0.15, 0.2) is 5.82 Å². The van der Waals surface area contributed by atoms with Crippen LogP contribution in [-0.4, -0.2) is 46.2 Å². The highest BCUT2D eigenvalue weighted by Gasteiger charge is 2.41. The number of aromatic nitrogens is 2. The molecule has 1 saturated carbocycles. The third-order valence-corrected chi connectivity index (χ3v) is 6.76. The predicted molar refractivity (Wildman–Crippen MR) is 107 cm³/mol. The molecule has 1 aromatic heterocycles. The summed E-state index contributed by atoms with van der Waals surface area (Å²) in [6, 6.07) is 6.28. The summed E-state index contributed by atoms with van der Waals surface area (Å²) in [4.78, 5) is 19.1. The first-order valence-corrected chi connectivity index (χ1v) is 11.1. The standard InChI is InChI=1S/C23H28FN3O3/c24-19-3-1-2-16(12-19)14-21(28)27-9-7-23(8-10-27)15-17(6-11-29-23)13-20-25-22(26-30-20)18-4-5-18/h1-3,12,17-18H,4-11,13-15H2. The highest BCUT2D eigenvalue weighted by molar-refractivity contribution is 5.78. The number of nitrogens with zero attached hydrogens (tertiary/aromatic N) is 3. The molecular formula is C23H28FN3O3. The molecule has 6 nitrogen and oxygen atoms in total. The summed E-state index contributed by atoms with van der Waals surface area (Å²) in [6.07, 6.45) is 7.07. The van der Waals surface area contributed by atoms with E-state index in [-0.39, 0.29) is 23.7 Å². The summed E-state index contributed by atoms with van der Waals surface area (Å²) in [5.74, 6) is 2.36. The number of benzene rings is 1. The molecule has 160 valence electrons. The van der Waals surface area contributed by atoms with Gasteiger partial charge in [-0.05, 0) is 62.1 Å². The van der Waals surface area contributed by atoms with Gasteiger partial charge in [-0.3, -0.25) is 4.79 Å². The van der Waals surface area contributed by atoms with E-state index in [1.165, 1.54) is 25.0 Å². The molecule has 0 radical (unpaired) electrons. The van der Waals surface area contributed by atoms with Crippen molar-refractivity contribution in [1.82, 2.24) is 15.0 Å². The molecule has 3 fully saturated rings. The number of ether oxygens (including phenoxy) is 1. The summed E-state index contributed by atoms with van der Waals surface area (Å²) in [7, 11) is 0. The number of likely N-dealkylation sites (tertiary alicyclic amines) is 1. The molecule has 2 aliphatic heterocycles. The van der Waals surface area contributed by atoms with Gasteiger partial charge in [0, 0.05) is 32.0 Å². The van der Waals surface area contributed by atoms with E-state index in [4.69, 9.17) is 9.26 Å². The Hall–Kier alpha value is -2.28. The van der Waals surface area contributed by atoms with Crippen LogP contribution in [0.1, 0.15) is 61.7 Å². The van der Waals surface area contributed by atoms with E-state index in [9.17, 15) is 9.18 Å². The van der Waals surface area contributed by atoms with Gasteiger partial charge in [0.2, 0.25) is 11.8 Å². The van der Waals surface area contributed by atoms with Gasteiger partial charge in [-0.25, -0.2) is 4.39 Å². The lowest BCUT2D eigenvalue weighted by molar-refractivity contribution is -0.146. The molecule has 0 N–H and O–H groups in total. The van der Waals surface area contributed by atoms with Crippen molar-refractivity contribution in [2.45, 2.75) is 62.9 Å². The lowest BCUT2D eigenvalue weighted by atomic mass is 9.78. The smallest absolute Gasteiger partial charge is 0.226 e. The highest BCUT2D eigenvalue weighted by atomic mass is 19.1. The summed E-state index contributed by atoms with van der Waals surface area (Å²) in [5.41, 5.74) is 0.567. The first-order chi connectivity index (χ1) is 14.6. The maximum absolute atomic E-state index is 13.4. The molecule has 2 saturated heterocycles. The van der Waals surface area contributed by atoms with Crippen molar-refractivity contribution in [3.8, 4) is 0 Å². The van der Waals surface area contributed by atoms with Gasteiger partial charge in [0.1, 0.15) is 5.82 Å². The number of amides is 1. The van der Waals surface area contributed by atoms with Crippen LogP contribution in [-0.2, 0) is 22.4 Å². The molecule has 1 aliphatic carbocycles. The number of piperidine rings is 1. The number of hydrogen-bond acceptors (Lipinski definition) is 5. The van der Waals surface area contributed by atoms with E-state index in [1.54, 1.807) is 12.1 Å². The van der Waals surface area contributed by atoms with Gasteiger partial charge in [-0.2, -0.15) is 4.98 Å². The summed E-state index contributed by atoms with van der Waals surface area (Å²) in [5, 5.41) is 4.13. The van der Waals surface area contributed by atoms with Crippen LogP contribution in [0, 0.1) is 11.7 Å². The molecule has 5 rings (SSSR count). The minimum absolute atomic E-state index is 0.0567. The van der Waals surface area contributed by atoms with Gasteiger partial charge in [-0.1, -0.05) is 17.3 Å². The van der Waals surface area contributed by atoms with E-state index >= 15 is 0 Å². The molecule has 3 heterocycles. The predicted octanol–water partition coefficient (Wildman–Crippen LogP) is 3.66. The molecule has 1 spiro atoms. The number of carbonyl (C=O) groups is 1. The normalized spacial score (nSPS) is 23.6. The number of hydrogen-bond donors (Lipinski definition) is 0. The van der Waals surface area contributed by atoms with Gasteiger partial charge < -0.3 is 14.2 Å². The maximum Gasteiger partial charge on any atom is 0.226 e. The molecule has 1 unspecified atom stereocenters.